The molecule has 4 aromatic heterocycles. The predicted molar refractivity (Wildman–Crippen MR) is 120 cm³/mol. The first kappa shape index (κ1) is 19.6. The molecule has 0 spiro atoms. The highest BCUT2D eigenvalue weighted by atomic mass is 16.5. The van der Waals surface area contributed by atoms with Gasteiger partial charge in [-0.05, 0) is 43.2 Å². The average molecular weight is 415 g/mol. The van der Waals surface area contributed by atoms with Crippen molar-refractivity contribution >= 4 is 11.5 Å². The minimum absolute atomic E-state index is 0.617. The monoisotopic (exact) mass is 414 g/mol. The quantitative estimate of drug-likeness (QED) is 0.500. The Kier molecular flexibility index (Phi) is 5.34. The Balaban J connectivity index is 1.47. The zero-order valence-electron chi connectivity index (χ0n) is 18.0. The van der Waals surface area contributed by atoms with Crippen molar-refractivity contribution in [2.24, 2.45) is 0 Å². The normalized spacial score (nSPS) is 14.3. The van der Waals surface area contributed by atoms with E-state index < -0.39 is 0 Å². The number of imidazole rings is 1. The lowest BCUT2D eigenvalue weighted by Gasteiger charge is -2.28. The maximum absolute atomic E-state index is 5.53. The van der Waals surface area contributed by atoms with Crippen LogP contribution in [-0.2, 0) is 17.6 Å². The van der Waals surface area contributed by atoms with Gasteiger partial charge < -0.3 is 14.0 Å². The molecule has 0 radical (unpaired) electrons. The van der Waals surface area contributed by atoms with Crippen LogP contribution in [0.25, 0.3) is 5.65 Å². The van der Waals surface area contributed by atoms with Gasteiger partial charge in [-0.15, -0.1) is 0 Å². The molecular formula is C24H26N6O. The molecule has 1 saturated heterocycles. The lowest BCUT2D eigenvalue weighted by Crippen LogP contribution is -2.37. The number of pyridine rings is 2. The van der Waals surface area contributed by atoms with Crippen molar-refractivity contribution in [3.05, 3.63) is 83.0 Å². The van der Waals surface area contributed by atoms with Crippen LogP contribution in [0.4, 0.5) is 5.82 Å². The molecule has 0 aliphatic carbocycles. The molecule has 1 aliphatic heterocycles. The number of nitrogens with zero attached hydrogens (tertiary/aromatic N) is 6. The standard InChI is InChI=1S/C24H26N6O/c1-17-3-4-20(26-18(17)2)15-22-27-21(16-24(28-22)30-9-11-31-12-10-30)13-19-5-7-29-8-6-25-23(29)14-19/h3-8,14,16H,9-13,15H2,1-2H3. The molecule has 0 saturated carbocycles. The smallest absolute Gasteiger partial charge is 0.136 e. The summed E-state index contributed by atoms with van der Waals surface area (Å²) in [5.74, 6) is 1.77. The van der Waals surface area contributed by atoms with E-state index in [1.165, 1.54) is 11.1 Å². The van der Waals surface area contributed by atoms with Gasteiger partial charge in [-0.1, -0.05) is 6.07 Å². The summed E-state index contributed by atoms with van der Waals surface area (Å²) in [6.45, 7) is 7.26. The van der Waals surface area contributed by atoms with E-state index in [1.54, 1.807) is 0 Å². The fraction of sp³-hybridized carbons (Fsp3) is 0.333. The molecule has 0 atom stereocenters. The zero-order valence-corrected chi connectivity index (χ0v) is 18.0. The summed E-state index contributed by atoms with van der Waals surface area (Å²) < 4.78 is 7.54. The van der Waals surface area contributed by atoms with Crippen molar-refractivity contribution in [1.82, 2.24) is 24.3 Å². The molecule has 31 heavy (non-hydrogen) atoms. The van der Waals surface area contributed by atoms with Crippen LogP contribution in [0.2, 0.25) is 0 Å². The van der Waals surface area contributed by atoms with E-state index in [0.29, 0.717) is 6.42 Å². The van der Waals surface area contributed by atoms with Gasteiger partial charge in [-0.2, -0.15) is 0 Å². The highest BCUT2D eigenvalue weighted by Gasteiger charge is 2.16. The van der Waals surface area contributed by atoms with Crippen molar-refractivity contribution in [3.63, 3.8) is 0 Å². The summed E-state index contributed by atoms with van der Waals surface area (Å²) in [6.07, 6.45) is 7.16. The molecular weight excluding hydrogens is 388 g/mol. The lowest BCUT2D eigenvalue weighted by atomic mass is 10.1. The minimum atomic E-state index is 0.617. The third kappa shape index (κ3) is 4.41. The fourth-order valence-electron chi connectivity index (χ4n) is 3.88. The number of fused-ring (bicyclic) bond motifs is 1. The second-order valence-corrected chi connectivity index (χ2v) is 8.02. The van der Waals surface area contributed by atoms with Crippen LogP contribution in [0.5, 0.6) is 0 Å². The van der Waals surface area contributed by atoms with E-state index in [-0.39, 0.29) is 0 Å². The maximum Gasteiger partial charge on any atom is 0.136 e. The van der Waals surface area contributed by atoms with E-state index >= 15 is 0 Å². The molecule has 7 nitrogen and oxygen atoms in total. The molecule has 0 amide bonds. The van der Waals surface area contributed by atoms with Gasteiger partial charge in [0.2, 0.25) is 0 Å². The average Bonchev–Trinajstić information content (AvgIpc) is 3.25. The molecule has 158 valence electrons. The topological polar surface area (TPSA) is 68.4 Å². The summed E-state index contributed by atoms with van der Waals surface area (Å²) in [5, 5.41) is 0. The lowest BCUT2D eigenvalue weighted by molar-refractivity contribution is 0.122. The molecule has 0 bridgehead atoms. The molecule has 5 rings (SSSR count). The number of morpholine rings is 1. The first-order chi connectivity index (χ1) is 15.1. The number of anilines is 1. The van der Waals surface area contributed by atoms with Gasteiger partial charge in [0, 0.05) is 55.6 Å². The van der Waals surface area contributed by atoms with Crippen molar-refractivity contribution in [3.8, 4) is 0 Å². The summed E-state index contributed by atoms with van der Waals surface area (Å²) in [5.41, 5.74) is 6.37. The minimum Gasteiger partial charge on any atom is -0.378 e. The van der Waals surface area contributed by atoms with E-state index in [0.717, 1.165) is 67.1 Å². The Morgan fingerprint density at radius 2 is 1.77 bits per heavy atom. The van der Waals surface area contributed by atoms with Crippen LogP contribution in [0, 0.1) is 13.8 Å². The van der Waals surface area contributed by atoms with Crippen LogP contribution in [-0.4, -0.2) is 50.6 Å². The highest BCUT2D eigenvalue weighted by molar-refractivity contribution is 5.45. The van der Waals surface area contributed by atoms with Crippen molar-refractivity contribution in [2.45, 2.75) is 26.7 Å². The van der Waals surface area contributed by atoms with E-state index in [9.17, 15) is 0 Å². The summed E-state index contributed by atoms with van der Waals surface area (Å²) in [6, 6.07) is 10.5. The number of hydrogen-bond donors (Lipinski definition) is 0. The Bertz CT molecular complexity index is 1210. The molecule has 1 aliphatic rings. The third-order valence-corrected chi connectivity index (χ3v) is 5.74. The molecule has 5 heterocycles. The van der Waals surface area contributed by atoms with Gasteiger partial charge in [0.05, 0.1) is 25.3 Å². The third-order valence-electron chi connectivity index (χ3n) is 5.74. The predicted octanol–water partition coefficient (Wildman–Crippen LogP) is 3.15. The van der Waals surface area contributed by atoms with E-state index in [1.807, 2.05) is 29.9 Å². The number of aromatic nitrogens is 5. The molecule has 0 unspecified atom stereocenters. The van der Waals surface area contributed by atoms with Crippen molar-refractivity contribution in [1.29, 1.82) is 0 Å². The summed E-state index contributed by atoms with van der Waals surface area (Å²) in [4.78, 5) is 21.2. The molecule has 7 heteroatoms. The van der Waals surface area contributed by atoms with Crippen LogP contribution >= 0.6 is 0 Å². The Morgan fingerprint density at radius 3 is 2.61 bits per heavy atom. The second kappa shape index (κ2) is 8.43. The summed E-state index contributed by atoms with van der Waals surface area (Å²) in [7, 11) is 0. The van der Waals surface area contributed by atoms with Crippen molar-refractivity contribution < 1.29 is 4.74 Å². The van der Waals surface area contributed by atoms with Crippen LogP contribution in [0.15, 0.2) is 48.9 Å². The maximum atomic E-state index is 5.53. The van der Waals surface area contributed by atoms with Gasteiger partial charge >= 0.3 is 0 Å². The van der Waals surface area contributed by atoms with E-state index in [2.05, 4.69) is 47.1 Å². The number of aryl methyl sites for hydroxylation is 2. The first-order valence-electron chi connectivity index (χ1n) is 10.7. The first-order valence-corrected chi connectivity index (χ1v) is 10.7. The summed E-state index contributed by atoms with van der Waals surface area (Å²) >= 11 is 0. The van der Waals surface area contributed by atoms with Gasteiger partial charge in [-0.25, -0.2) is 15.0 Å². The van der Waals surface area contributed by atoms with Gasteiger partial charge in [0.1, 0.15) is 17.3 Å². The molecule has 4 aromatic rings. The van der Waals surface area contributed by atoms with Crippen LogP contribution < -0.4 is 4.90 Å². The number of rotatable bonds is 5. The van der Waals surface area contributed by atoms with Crippen LogP contribution in [0.1, 0.15) is 34.0 Å². The zero-order chi connectivity index (χ0) is 21.2. The fourth-order valence-corrected chi connectivity index (χ4v) is 3.88. The largest absolute Gasteiger partial charge is 0.378 e. The van der Waals surface area contributed by atoms with E-state index in [4.69, 9.17) is 19.7 Å². The van der Waals surface area contributed by atoms with Crippen LogP contribution in [0.3, 0.4) is 0 Å². The number of ether oxygens (including phenoxy) is 1. The number of hydrogen-bond acceptors (Lipinski definition) is 6. The highest BCUT2D eigenvalue weighted by Crippen LogP contribution is 2.19. The molecule has 0 N–H and O–H groups in total. The van der Waals surface area contributed by atoms with Crippen molar-refractivity contribution in [2.75, 3.05) is 31.2 Å². The SMILES string of the molecule is Cc1ccc(Cc2nc(Cc3ccn4ccnc4c3)cc(N3CCOCC3)n2)nc1C. The van der Waals surface area contributed by atoms with Gasteiger partial charge in [0.15, 0.2) is 0 Å². The molecule has 0 aromatic carbocycles. The van der Waals surface area contributed by atoms with Gasteiger partial charge in [-0.3, -0.25) is 4.98 Å². The Labute approximate surface area is 181 Å². The second-order valence-electron chi connectivity index (χ2n) is 8.02. The molecule has 1 fully saturated rings. The van der Waals surface area contributed by atoms with Gasteiger partial charge in [0.25, 0.3) is 0 Å². The Hall–Kier alpha value is -3.32. The Morgan fingerprint density at radius 1 is 0.903 bits per heavy atom.